The number of rotatable bonds is 2. The van der Waals surface area contributed by atoms with Crippen LogP contribution < -0.4 is 5.32 Å². The van der Waals surface area contributed by atoms with E-state index < -0.39 is 0 Å². The van der Waals surface area contributed by atoms with E-state index in [1.165, 1.54) is 0 Å². The summed E-state index contributed by atoms with van der Waals surface area (Å²) in [6.07, 6.45) is 1.71. The van der Waals surface area contributed by atoms with E-state index in [1.807, 2.05) is 23.8 Å². The van der Waals surface area contributed by atoms with Crippen molar-refractivity contribution in [1.82, 2.24) is 9.55 Å². The number of aromatic nitrogens is 2. The van der Waals surface area contributed by atoms with Crippen LogP contribution in [0, 0.1) is 11.3 Å². The summed E-state index contributed by atoms with van der Waals surface area (Å²) in [4.78, 5) is 16.5. The van der Waals surface area contributed by atoms with E-state index >= 15 is 0 Å². The predicted molar refractivity (Wildman–Crippen MR) is 79.8 cm³/mol. The normalized spacial score (nSPS) is 10.3. The quantitative estimate of drug-likeness (QED) is 0.782. The van der Waals surface area contributed by atoms with Crippen LogP contribution in [0.3, 0.4) is 0 Å². The minimum absolute atomic E-state index is 0.224. The van der Waals surface area contributed by atoms with Crippen LogP contribution in [-0.4, -0.2) is 15.5 Å². The topological polar surface area (TPSA) is 70.7 Å². The minimum atomic E-state index is -0.224. The second-order valence-electron chi connectivity index (χ2n) is 4.71. The summed E-state index contributed by atoms with van der Waals surface area (Å²) in [5.74, 6) is -0.224. The molecule has 1 amide bonds. The van der Waals surface area contributed by atoms with Gasteiger partial charge in [-0.2, -0.15) is 5.26 Å². The van der Waals surface area contributed by atoms with Crippen molar-refractivity contribution < 1.29 is 4.79 Å². The summed E-state index contributed by atoms with van der Waals surface area (Å²) in [6.45, 7) is 0. The van der Waals surface area contributed by atoms with Gasteiger partial charge in [0.05, 0.1) is 29.0 Å². The smallest absolute Gasteiger partial charge is 0.255 e. The lowest BCUT2D eigenvalue weighted by Crippen LogP contribution is -2.11. The highest BCUT2D eigenvalue weighted by molar-refractivity contribution is 6.06. The van der Waals surface area contributed by atoms with Crippen molar-refractivity contribution in [1.29, 1.82) is 5.26 Å². The number of amides is 1. The molecule has 1 N–H and O–H groups in total. The molecule has 0 radical (unpaired) electrons. The highest BCUT2D eigenvalue weighted by Gasteiger charge is 2.09. The van der Waals surface area contributed by atoms with Gasteiger partial charge in [0.25, 0.3) is 5.91 Å². The molecule has 5 nitrogen and oxygen atoms in total. The van der Waals surface area contributed by atoms with Crippen molar-refractivity contribution in [2.24, 2.45) is 7.05 Å². The van der Waals surface area contributed by atoms with Crippen LogP contribution in [0.5, 0.6) is 0 Å². The van der Waals surface area contributed by atoms with Crippen LogP contribution in [0.25, 0.3) is 11.0 Å². The third-order valence-electron chi connectivity index (χ3n) is 3.24. The van der Waals surface area contributed by atoms with Gasteiger partial charge in [-0.3, -0.25) is 4.79 Å². The van der Waals surface area contributed by atoms with Gasteiger partial charge < -0.3 is 9.88 Å². The second-order valence-corrected chi connectivity index (χ2v) is 4.71. The number of carbonyl (C=O) groups excluding carboxylic acids is 1. The number of nitrogens with one attached hydrogen (secondary N) is 1. The molecule has 0 spiro atoms. The Morgan fingerprint density at radius 2 is 2.14 bits per heavy atom. The molecule has 21 heavy (non-hydrogen) atoms. The van der Waals surface area contributed by atoms with Crippen LogP contribution in [0.15, 0.2) is 48.8 Å². The first-order valence-electron chi connectivity index (χ1n) is 6.40. The van der Waals surface area contributed by atoms with E-state index in [0.29, 0.717) is 16.8 Å². The maximum absolute atomic E-state index is 12.2. The van der Waals surface area contributed by atoms with Crippen molar-refractivity contribution in [3.8, 4) is 6.07 Å². The molecule has 102 valence electrons. The lowest BCUT2D eigenvalue weighted by atomic mass is 10.1. The van der Waals surface area contributed by atoms with Crippen molar-refractivity contribution in [3.05, 3.63) is 59.9 Å². The zero-order valence-corrected chi connectivity index (χ0v) is 11.4. The first-order chi connectivity index (χ1) is 10.2. The Hall–Kier alpha value is -3.13. The monoisotopic (exact) mass is 276 g/mol. The summed E-state index contributed by atoms with van der Waals surface area (Å²) >= 11 is 0. The number of anilines is 1. The van der Waals surface area contributed by atoms with Gasteiger partial charge in [0, 0.05) is 18.3 Å². The SMILES string of the molecule is Cn1cnc2cc(C(=O)Nc3cccc(C#N)c3)ccc21. The Morgan fingerprint density at radius 3 is 2.95 bits per heavy atom. The molecule has 0 fully saturated rings. The fourth-order valence-electron chi connectivity index (χ4n) is 2.15. The molecule has 0 aliphatic carbocycles. The molecule has 1 heterocycles. The van der Waals surface area contributed by atoms with Gasteiger partial charge in [0.1, 0.15) is 0 Å². The van der Waals surface area contributed by atoms with Gasteiger partial charge in [0.2, 0.25) is 0 Å². The number of hydrogen-bond acceptors (Lipinski definition) is 3. The third kappa shape index (κ3) is 2.47. The summed E-state index contributed by atoms with van der Waals surface area (Å²) in [6, 6.07) is 14.2. The molecule has 3 rings (SSSR count). The number of carbonyl (C=O) groups is 1. The maximum Gasteiger partial charge on any atom is 0.255 e. The molecule has 5 heteroatoms. The number of fused-ring (bicyclic) bond motifs is 1. The van der Waals surface area contributed by atoms with Gasteiger partial charge in [-0.15, -0.1) is 0 Å². The Labute approximate surface area is 121 Å². The van der Waals surface area contributed by atoms with E-state index in [4.69, 9.17) is 5.26 Å². The van der Waals surface area contributed by atoms with E-state index in [1.54, 1.807) is 42.7 Å². The maximum atomic E-state index is 12.2. The molecular formula is C16H12N4O. The highest BCUT2D eigenvalue weighted by Crippen LogP contribution is 2.16. The van der Waals surface area contributed by atoms with Crippen molar-refractivity contribution >= 4 is 22.6 Å². The number of aryl methyl sites for hydroxylation is 1. The van der Waals surface area contributed by atoms with Crippen LogP contribution in [0.1, 0.15) is 15.9 Å². The second kappa shape index (κ2) is 5.10. The van der Waals surface area contributed by atoms with E-state index in [0.717, 1.165) is 11.0 Å². The molecule has 1 aromatic heterocycles. The lowest BCUT2D eigenvalue weighted by Gasteiger charge is -2.05. The number of imidazole rings is 1. The Balaban J connectivity index is 1.88. The fourth-order valence-corrected chi connectivity index (χ4v) is 2.15. The largest absolute Gasteiger partial charge is 0.334 e. The van der Waals surface area contributed by atoms with Gasteiger partial charge in [0.15, 0.2) is 0 Å². The summed E-state index contributed by atoms with van der Waals surface area (Å²) < 4.78 is 1.90. The number of benzene rings is 2. The molecule has 0 unspecified atom stereocenters. The molecular weight excluding hydrogens is 264 g/mol. The van der Waals surface area contributed by atoms with Crippen LogP contribution in [0.4, 0.5) is 5.69 Å². The highest BCUT2D eigenvalue weighted by atomic mass is 16.1. The zero-order chi connectivity index (χ0) is 14.8. The Morgan fingerprint density at radius 1 is 1.29 bits per heavy atom. The Bertz CT molecular complexity index is 873. The fraction of sp³-hybridized carbons (Fsp3) is 0.0625. The number of nitrogens with zero attached hydrogens (tertiary/aromatic N) is 3. The molecule has 0 saturated carbocycles. The van der Waals surface area contributed by atoms with Gasteiger partial charge in [-0.25, -0.2) is 4.98 Å². The number of nitriles is 1. The van der Waals surface area contributed by atoms with E-state index in [-0.39, 0.29) is 5.91 Å². The van der Waals surface area contributed by atoms with Crippen molar-refractivity contribution in [2.45, 2.75) is 0 Å². The molecule has 0 aliphatic rings. The molecule has 3 aromatic rings. The summed E-state index contributed by atoms with van der Waals surface area (Å²) in [7, 11) is 1.91. The molecule has 0 bridgehead atoms. The lowest BCUT2D eigenvalue weighted by molar-refractivity contribution is 0.102. The van der Waals surface area contributed by atoms with Gasteiger partial charge in [-0.1, -0.05) is 6.07 Å². The van der Waals surface area contributed by atoms with Gasteiger partial charge in [-0.05, 0) is 36.4 Å². The van der Waals surface area contributed by atoms with Crippen LogP contribution in [-0.2, 0) is 7.05 Å². The summed E-state index contributed by atoms with van der Waals surface area (Å²) in [5, 5.41) is 11.6. The van der Waals surface area contributed by atoms with E-state index in [9.17, 15) is 4.79 Å². The Kier molecular flexibility index (Phi) is 3.13. The first-order valence-corrected chi connectivity index (χ1v) is 6.40. The van der Waals surface area contributed by atoms with Crippen LogP contribution in [0.2, 0.25) is 0 Å². The average molecular weight is 276 g/mol. The minimum Gasteiger partial charge on any atom is -0.334 e. The van der Waals surface area contributed by atoms with Crippen molar-refractivity contribution in [3.63, 3.8) is 0 Å². The molecule has 0 aliphatic heterocycles. The standard InChI is InChI=1S/C16H12N4O/c1-20-10-18-14-8-12(5-6-15(14)20)16(21)19-13-4-2-3-11(7-13)9-17/h2-8,10H,1H3,(H,19,21). The summed E-state index contributed by atoms with van der Waals surface area (Å²) in [5.41, 5.74) is 3.38. The average Bonchev–Trinajstić information content (AvgIpc) is 2.88. The molecule has 0 saturated heterocycles. The number of hydrogen-bond donors (Lipinski definition) is 1. The van der Waals surface area contributed by atoms with Gasteiger partial charge >= 0.3 is 0 Å². The molecule has 0 atom stereocenters. The predicted octanol–water partition coefficient (Wildman–Crippen LogP) is 2.70. The van der Waals surface area contributed by atoms with Crippen LogP contribution >= 0.6 is 0 Å². The molecule has 2 aromatic carbocycles. The van der Waals surface area contributed by atoms with E-state index in [2.05, 4.69) is 10.3 Å². The zero-order valence-electron chi connectivity index (χ0n) is 11.4. The first kappa shape index (κ1) is 12.9. The third-order valence-corrected chi connectivity index (χ3v) is 3.24. The van der Waals surface area contributed by atoms with Crippen molar-refractivity contribution in [2.75, 3.05) is 5.32 Å².